The minimum Gasteiger partial charge on any atom is -0.508 e. The van der Waals surface area contributed by atoms with Crippen LogP contribution in [0.4, 0.5) is 10.1 Å². The van der Waals surface area contributed by atoms with Gasteiger partial charge in [-0.25, -0.2) is 4.39 Å². The van der Waals surface area contributed by atoms with E-state index in [-0.39, 0.29) is 11.6 Å². The third-order valence-electron chi connectivity index (χ3n) is 2.94. The summed E-state index contributed by atoms with van der Waals surface area (Å²) in [6, 6.07) is 9.60. The Kier molecular flexibility index (Phi) is 3.90. The number of halogens is 1. The number of hydrogen-bond donors (Lipinski definition) is 2. The van der Waals surface area contributed by atoms with Crippen molar-refractivity contribution in [2.24, 2.45) is 0 Å². The summed E-state index contributed by atoms with van der Waals surface area (Å²) in [5.74, 6) is 0.630. The van der Waals surface area contributed by atoms with E-state index >= 15 is 0 Å². The number of hydrogen-bond acceptors (Lipinski definition) is 3. The predicted octanol–water partition coefficient (Wildman–Crippen LogP) is 3.46. The number of ether oxygens (including phenoxy) is 1. The number of phenols is 1. The van der Waals surface area contributed by atoms with E-state index in [9.17, 15) is 9.50 Å². The second-order valence-electron chi connectivity index (χ2n) is 4.31. The Bertz CT molecular complexity index is 584. The lowest BCUT2D eigenvalue weighted by Gasteiger charge is -2.11. The molecule has 0 aliphatic heterocycles. The summed E-state index contributed by atoms with van der Waals surface area (Å²) in [5, 5.41) is 12.9. The summed E-state index contributed by atoms with van der Waals surface area (Å²) in [4.78, 5) is 0. The number of methoxy groups -OCH3 is 1. The van der Waals surface area contributed by atoms with E-state index in [1.54, 1.807) is 31.4 Å². The van der Waals surface area contributed by atoms with Crippen molar-refractivity contribution >= 4 is 5.69 Å². The van der Waals surface area contributed by atoms with Crippen molar-refractivity contribution in [1.82, 2.24) is 0 Å². The van der Waals surface area contributed by atoms with Crippen LogP contribution in [-0.2, 0) is 6.54 Å². The first kappa shape index (κ1) is 13.2. The number of rotatable bonds is 4. The van der Waals surface area contributed by atoms with Gasteiger partial charge in [-0.15, -0.1) is 0 Å². The van der Waals surface area contributed by atoms with E-state index in [0.717, 1.165) is 16.8 Å². The van der Waals surface area contributed by atoms with E-state index in [1.807, 2.05) is 6.92 Å². The van der Waals surface area contributed by atoms with Crippen LogP contribution in [-0.4, -0.2) is 12.2 Å². The van der Waals surface area contributed by atoms with Crippen molar-refractivity contribution in [3.05, 3.63) is 53.3 Å². The maximum absolute atomic E-state index is 13.0. The molecule has 19 heavy (non-hydrogen) atoms. The minimum absolute atomic E-state index is 0.202. The molecule has 0 bridgehead atoms. The van der Waals surface area contributed by atoms with Gasteiger partial charge in [-0.05, 0) is 48.9 Å². The zero-order valence-electron chi connectivity index (χ0n) is 10.9. The minimum atomic E-state index is -0.257. The number of benzene rings is 2. The smallest absolute Gasteiger partial charge is 0.123 e. The van der Waals surface area contributed by atoms with Gasteiger partial charge in [-0.3, -0.25) is 0 Å². The third kappa shape index (κ3) is 3.16. The largest absolute Gasteiger partial charge is 0.508 e. The van der Waals surface area contributed by atoms with Crippen molar-refractivity contribution in [1.29, 1.82) is 0 Å². The van der Waals surface area contributed by atoms with E-state index in [4.69, 9.17) is 4.74 Å². The number of aryl methyl sites for hydroxylation is 1. The van der Waals surface area contributed by atoms with Crippen molar-refractivity contribution in [3.8, 4) is 11.5 Å². The molecule has 0 amide bonds. The first-order valence-electron chi connectivity index (χ1n) is 5.96. The maximum atomic E-state index is 13.0. The highest BCUT2D eigenvalue weighted by molar-refractivity contribution is 5.52. The fourth-order valence-corrected chi connectivity index (χ4v) is 1.85. The summed E-state index contributed by atoms with van der Waals surface area (Å²) >= 11 is 0. The normalized spacial score (nSPS) is 10.3. The second kappa shape index (κ2) is 5.61. The van der Waals surface area contributed by atoms with Gasteiger partial charge >= 0.3 is 0 Å². The molecule has 2 rings (SSSR count). The molecule has 0 saturated carbocycles. The summed E-state index contributed by atoms with van der Waals surface area (Å²) in [5.41, 5.74) is 2.38. The fraction of sp³-hybridized carbons (Fsp3) is 0.200. The molecule has 4 heteroatoms. The van der Waals surface area contributed by atoms with Crippen LogP contribution in [0.5, 0.6) is 11.5 Å². The van der Waals surface area contributed by atoms with Gasteiger partial charge in [0.05, 0.1) is 7.11 Å². The molecule has 0 aromatic heterocycles. The Morgan fingerprint density at radius 2 is 2.00 bits per heavy atom. The van der Waals surface area contributed by atoms with Crippen molar-refractivity contribution in [3.63, 3.8) is 0 Å². The lowest BCUT2D eigenvalue weighted by atomic mass is 10.1. The summed E-state index contributed by atoms with van der Waals surface area (Å²) in [6.45, 7) is 2.27. The van der Waals surface area contributed by atoms with Crippen LogP contribution in [0, 0.1) is 12.7 Å². The molecule has 0 fully saturated rings. The molecule has 2 aromatic carbocycles. The Morgan fingerprint density at radius 3 is 2.68 bits per heavy atom. The number of aromatic hydroxyl groups is 1. The van der Waals surface area contributed by atoms with Gasteiger partial charge in [0, 0.05) is 17.8 Å². The van der Waals surface area contributed by atoms with E-state index in [0.29, 0.717) is 12.3 Å². The number of nitrogens with one attached hydrogen (secondary N) is 1. The zero-order valence-corrected chi connectivity index (χ0v) is 10.9. The second-order valence-corrected chi connectivity index (χ2v) is 4.31. The summed E-state index contributed by atoms with van der Waals surface area (Å²) < 4.78 is 18.1. The molecule has 0 spiro atoms. The molecule has 2 aromatic rings. The van der Waals surface area contributed by atoms with Gasteiger partial charge in [0.2, 0.25) is 0 Å². The van der Waals surface area contributed by atoms with Crippen LogP contribution in [0.15, 0.2) is 36.4 Å². The summed E-state index contributed by atoms with van der Waals surface area (Å²) in [6.07, 6.45) is 0. The lowest BCUT2D eigenvalue weighted by Crippen LogP contribution is -2.02. The highest BCUT2D eigenvalue weighted by atomic mass is 19.1. The van der Waals surface area contributed by atoms with Crippen LogP contribution >= 0.6 is 0 Å². The maximum Gasteiger partial charge on any atom is 0.123 e. The molecular weight excluding hydrogens is 245 g/mol. The van der Waals surface area contributed by atoms with Gasteiger partial charge < -0.3 is 15.2 Å². The van der Waals surface area contributed by atoms with Gasteiger partial charge in [-0.2, -0.15) is 0 Å². The molecule has 100 valence electrons. The van der Waals surface area contributed by atoms with Crippen molar-refractivity contribution in [2.75, 3.05) is 12.4 Å². The molecule has 2 N–H and O–H groups in total. The highest BCUT2D eigenvalue weighted by Crippen LogP contribution is 2.24. The molecule has 0 unspecified atom stereocenters. The summed E-state index contributed by atoms with van der Waals surface area (Å²) in [7, 11) is 1.58. The predicted molar refractivity (Wildman–Crippen MR) is 73.1 cm³/mol. The first-order valence-corrected chi connectivity index (χ1v) is 5.96. The highest BCUT2D eigenvalue weighted by Gasteiger charge is 2.05. The van der Waals surface area contributed by atoms with E-state index < -0.39 is 0 Å². The fourth-order valence-electron chi connectivity index (χ4n) is 1.85. The SMILES string of the molecule is COc1ccc(O)c(CNc2ccc(F)cc2C)c1. The van der Waals surface area contributed by atoms with Crippen molar-refractivity contribution < 1.29 is 14.2 Å². The molecule has 0 aliphatic rings. The van der Waals surface area contributed by atoms with Gasteiger partial charge in [0.25, 0.3) is 0 Å². The molecule has 0 heterocycles. The van der Waals surface area contributed by atoms with Crippen LogP contribution in [0.2, 0.25) is 0 Å². The van der Waals surface area contributed by atoms with Crippen LogP contribution in [0.25, 0.3) is 0 Å². The van der Waals surface area contributed by atoms with Gasteiger partial charge in [-0.1, -0.05) is 0 Å². The zero-order chi connectivity index (χ0) is 13.8. The standard InChI is InChI=1S/C15H16FNO2/c1-10-7-12(16)3-5-14(10)17-9-11-8-13(19-2)4-6-15(11)18/h3-8,17-18H,9H2,1-2H3. The van der Waals surface area contributed by atoms with E-state index in [2.05, 4.69) is 5.32 Å². The Morgan fingerprint density at radius 1 is 1.21 bits per heavy atom. The average Bonchev–Trinajstić information content (AvgIpc) is 2.39. The molecule has 0 atom stereocenters. The Hall–Kier alpha value is -2.23. The van der Waals surface area contributed by atoms with Crippen molar-refractivity contribution in [2.45, 2.75) is 13.5 Å². The average molecular weight is 261 g/mol. The van der Waals surface area contributed by atoms with Crippen LogP contribution in [0.1, 0.15) is 11.1 Å². The molecule has 3 nitrogen and oxygen atoms in total. The first-order chi connectivity index (χ1) is 9.10. The topological polar surface area (TPSA) is 41.5 Å². The Labute approximate surface area is 111 Å². The Balaban J connectivity index is 2.14. The van der Waals surface area contributed by atoms with E-state index in [1.165, 1.54) is 12.1 Å². The van der Waals surface area contributed by atoms with Gasteiger partial charge in [0.1, 0.15) is 17.3 Å². The van der Waals surface area contributed by atoms with Gasteiger partial charge in [0.15, 0.2) is 0 Å². The third-order valence-corrected chi connectivity index (χ3v) is 2.94. The monoisotopic (exact) mass is 261 g/mol. The van der Waals surface area contributed by atoms with Crippen LogP contribution < -0.4 is 10.1 Å². The number of anilines is 1. The molecule has 0 radical (unpaired) electrons. The molecular formula is C15H16FNO2. The molecule has 0 saturated heterocycles. The quantitative estimate of drug-likeness (QED) is 0.885. The lowest BCUT2D eigenvalue weighted by molar-refractivity contribution is 0.411. The van der Waals surface area contributed by atoms with Crippen LogP contribution in [0.3, 0.4) is 0 Å². The molecule has 0 aliphatic carbocycles. The number of phenolic OH excluding ortho intramolecular Hbond substituents is 1.